The monoisotopic (exact) mass is 294 g/mol. The second kappa shape index (κ2) is 6.90. The molecule has 1 atom stereocenters. The predicted octanol–water partition coefficient (Wildman–Crippen LogP) is 4.28. The van der Waals surface area contributed by atoms with E-state index >= 15 is 0 Å². The molecule has 1 unspecified atom stereocenters. The molecule has 0 saturated carbocycles. The normalized spacial score (nSPS) is 12.4. The van der Waals surface area contributed by atoms with Gasteiger partial charge < -0.3 is 5.32 Å². The Kier molecular flexibility index (Phi) is 5.20. The number of likely N-dealkylation sites (N-methyl/N-ethyl adjacent to an activating group) is 1. The van der Waals surface area contributed by atoms with E-state index in [1.54, 1.807) is 6.07 Å². The van der Waals surface area contributed by atoms with Gasteiger partial charge >= 0.3 is 0 Å². The fourth-order valence-corrected chi connectivity index (χ4v) is 2.54. The van der Waals surface area contributed by atoms with Crippen molar-refractivity contribution >= 4 is 23.2 Å². The fourth-order valence-electron chi connectivity index (χ4n) is 2.06. The Balaban J connectivity index is 2.21. The number of aromatic nitrogens is 1. The van der Waals surface area contributed by atoms with Crippen LogP contribution in [0.15, 0.2) is 42.7 Å². The maximum Gasteiger partial charge on any atom is 0.0453 e. The smallest absolute Gasteiger partial charge is 0.0453 e. The van der Waals surface area contributed by atoms with Gasteiger partial charge in [0.05, 0.1) is 0 Å². The molecule has 100 valence electrons. The van der Waals surface area contributed by atoms with Crippen molar-refractivity contribution in [2.24, 2.45) is 0 Å². The number of halogens is 2. The number of hydrogen-bond acceptors (Lipinski definition) is 2. The van der Waals surface area contributed by atoms with Gasteiger partial charge in [-0.15, -0.1) is 0 Å². The van der Waals surface area contributed by atoms with E-state index in [4.69, 9.17) is 23.2 Å². The van der Waals surface area contributed by atoms with Crippen LogP contribution in [0.2, 0.25) is 10.0 Å². The summed E-state index contributed by atoms with van der Waals surface area (Å²) in [5, 5.41) is 4.85. The largest absolute Gasteiger partial charge is 0.310 e. The van der Waals surface area contributed by atoms with Gasteiger partial charge in [-0.05, 0) is 48.4 Å². The molecule has 1 aromatic carbocycles. The molecule has 0 spiro atoms. The average molecular weight is 295 g/mol. The summed E-state index contributed by atoms with van der Waals surface area (Å²) in [5.41, 5.74) is 2.30. The summed E-state index contributed by atoms with van der Waals surface area (Å²) in [4.78, 5) is 4.05. The molecule has 0 radical (unpaired) electrons. The van der Waals surface area contributed by atoms with Gasteiger partial charge in [0.15, 0.2) is 0 Å². The minimum Gasteiger partial charge on any atom is -0.310 e. The molecular weight excluding hydrogens is 279 g/mol. The molecule has 19 heavy (non-hydrogen) atoms. The summed E-state index contributed by atoms with van der Waals surface area (Å²) < 4.78 is 0. The lowest BCUT2D eigenvalue weighted by Gasteiger charge is -2.19. The van der Waals surface area contributed by atoms with E-state index in [0.29, 0.717) is 10.0 Å². The van der Waals surface area contributed by atoms with Gasteiger partial charge in [-0.3, -0.25) is 4.98 Å². The highest BCUT2D eigenvalue weighted by molar-refractivity contribution is 6.35. The molecule has 1 N–H and O–H groups in total. The van der Waals surface area contributed by atoms with Gasteiger partial charge in [0.2, 0.25) is 0 Å². The minimum atomic E-state index is 0.228. The van der Waals surface area contributed by atoms with Crippen LogP contribution in [0.4, 0.5) is 0 Å². The summed E-state index contributed by atoms with van der Waals surface area (Å²) in [7, 11) is 0. The SMILES string of the molecule is CCNC(Cc1ccc(Cl)cc1Cl)c1ccncc1. The number of rotatable bonds is 5. The maximum atomic E-state index is 6.24. The van der Waals surface area contributed by atoms with Crippen LogP contribution in [-0.2, 0) is 6.42 Å². The van der Waals surface area contributed by atoms with E-state index in [0.717, 1.165) is 18.5 Å². The first-order valence-corrected chi connectivity index (χ1v) is 7.03. The Morgan fingerprint density at radius 1 is 1.16 bits per heavy atom. The summed E-state index contributed by atoms with van der Waals surface area (Å²) in [6.07, 6.45) is 4.44. The van der Waals surface area contributed by atoms with E-state index in [2.05, 4.69) is 17.2 Å². The van der Waals surface area contributed by atoms with E-state index in [1.807, 2.05) is 36.7 Å². The molecule has 0 saturated heterocycles. The molecule has 0 aliphatic rings. The third kappa shape index (κ3) is 3.93. The lowest BCUT2D eigenvalue weighted by atomic mass is 9.99. The third-order valence-corrected chi connectivity index (χ3v) is 3.59. The number of benzene rings is 1. The van der Waals surface area contributed by atoms with Crippen LogP contribution in [0.1, 0.15) is 24.1 Å². The Morgan fingerprint density at radius 2 is 1.89 bits per heavy atom. The molecule has 0 amide bonds. The third-order valence-electron chi connectivity index (χ3n) is 3.00. The van der Waals surface area contributed by atoms with Crippen molar-refractivity contribution in [1.29, 1.82) is 0 Å². The van der Waals surface area contributed by atoms with Crippen LogP contribution in [0.5, 0.6) is 0 Å². The zero-order chi connectivity index (χ0) is 13.7. The highest BCUT2D eigenvalue weighted by Gasteiger charge is 2.13. The Hall–Kier alpha value is -1.09. The van der Waals surface area contributed by atoms with Crippen molar-refractivity contribution < 1.29 is 0 Å². The zero-order valence-corrected chi connectivity index (χ0v) is 12.2. The lowest BCUT2D eigenvalue weighted by Crippen LogP contribution is -2.23. The zero-order valence-electron chi connectivity index (χ0n) is 10.7. The molecule has 0 aliphatic heterocycles. The number of pyridine rings is 1. The predicted molar refractivity (Wildman–Crippen MR) is 80.8 cm³/mol. The van der Waals surface area contributed by atoms with Crippen LogP contribution in [0.3, 0.4) is 0 Å². The van der Waals surface area contributed by atoms with Crippen LogP contribution >= 0.6 is 23.2 Å². The molecule has 1 heterocycles. The number of nitrogens with one attached hydrogen (secondary N) is 1. The first kappa shape index (κ1) is 14.3. The van der Waals surface area contributed by atoms with Gasteiger partial charge in [-0.1, -0.05) is 36.2 Å². The van der Waals surface area contributed by atoms with Crippen molar-refractivity contribution in [2.45, 2.75) is 19.4 Å². The van der Waals surface area contributed by atoms with E-state index in [9.17, 15) is 0 Å². The lowest BCUT2D eigenvalue weighted by molar-refractivity contribution is 0.549. The molecule has 2 aromatic rings. The van der Waals surface area contributed by atoms with Crippen molar-refractivity contribution in [3.8, 4) is 0 Å². The molecule has 0 aliphatic carbocycles. The van der Waals surface area contributed by atoms with Gasteiger partial charge in [-0.2, -0.15) is 0 Å². The Labute approximate surface area is 123 Å². The average Bonchev–Trinajstić information content (AvgIpc) is 2.42. The van der Waals surface area contributed by atoms with Crippen molar-refractivity contribution in [1.82, 2.24) is 10.3 Å². The van der Waals surface area contributed by atoms with Gasteiger partial charge in [0, 0.05) is 28.5 Å². The quantitative estimate of drug-likeness (QED) is 0.890. The number of nitrogens with zero attached hydrogens (tertiary/aromatic N) is 1. The van der Waals surface area contributed by atoms with Gasteiger partial charge in [0.25, 0.3) is 0 Å². The van der Waals surface area contributed by atoms with Crippen molar-refractivity contribution in [3.63, 3.8) is 0 Å². The Morgan fingerprint density at radius 3 is 2.53 bits per heavy atom. The van der Waals surface area contributed by atoms with Gasteiger partial charge in [-0.25, -0.2) is 0 Å². The standard InChI is InChI=1S/C15H16Cl2N2/c1-2-19-15(11-5-7-18-8-6-11)9-12-3-4-13(16)10-14(12)17/h3-8,10,15,19H,2,9H2,1H3. The second-order valence-corrected chi connectivity index (χ2v) is 5.17. The van der Waals surface area contributed by atoms with Crippen LogP contribution < -0.4 is 5.32 Å². The topological polar surface area (TPSA) is 24.9 Å². The van der Waals surface area contributed by atoms with Crippen molar-refractivity contribution in [2.75, 3.05) is 6.54 Å². The van der Waals surface area contributed by atoms with Gasteiger partial charge in [0.1, 0.15) is 0 Å². The first-order chi connectivity index (χ1) is 9.20. The van der Waals surface area contributed by atoms with Crippen LogP contribution in [0, 0.1) is 0 Å². The molecule has 4 heteroatoms. The molecule has 0 bridgehead atoms. The minimum absolute atomic E-state index is 0.228. The molecule has 0 fully saturated rings. The van der Waals surface area contributed by atoms with Crippen LogP contribution in [0.25, 0.3) is 0 Å². The highest BCUT2D eigenvalue weighted by atomic mass is 35.5. The highest BCUT2D eigenvalue weighted by Crippen LogP contribution is 2.26. The molecule has 1 aromatic heterocycles. The molecular formula is C15H16Cl2N2. The molecule has 2 rings (SSSR count). The Bertz CT molecular complexity index is 529. The summed E-state index contributed by atoms with van der Waals surface area (Å²) in [5.74, 6) is 0. The summed E-state index contributed by atoms with van der Waals surface area (Å²) in [6, 6.07) is 9.92. The van der Waals surface area contributed by atoms with E-state index < -0.39 is 0 Å². The second-order valence-electron chi connectivity index (χ2n) is 4.33. The van der Waals surface area contributed by atoms with E-state index in [1.165, 1.54) is 5.56 Å². The van der Waals surface area contributed by atoms with Crippen LogP contribution in [-0.4, -0.2) is 11.5 Å². The van der Waals surface area contributed by atoms with E-state index in [-0.39, 0.29) is 6.04 Å². The van der Waals surface area contributed by atoms with Crippen molar-refractivity contribution in [3.05, 3.63) is 63.9 Å². The first-order valence-electron chi connectivity index (χ1n) is 6.28. The summed E-state index contributed by atoms with van der Waals surface area (Å²) in [6.45, 7) is 3.00. The molecule has 2 nitrogen and oxygen atoms in total. The summed E-state index contributed by atoms with van der Waals surface area (Å²) >= 11 is 12.2. The number of hydrogen-bond donors (Lipinski definition) is 1. The fraction of sp³-hybridized carbons (Fsp3) is 0.267. The maximum absolute atomic E-state index is 6.24.